The van der Waals surface area contributed by atoms with Gasteiger partial charge in [0.05, 0.1) is 0 Å². The molecule has 0 unspecified atom stereocenters. The number of aryl methyl sites for hydroxylation is 2. The first kappa shape index (κ1) is 14.3. The zero-order chi connectivity index (χ0) is 13.8. The molecule has 2 rings (SSSR count). The van der Waals surface area contributed by atoms with Crippen molar-refractivity contribution < 1.29 is 4.74 Å². The van der Waals surface area contributed by atoms with Gasteiger partial charge in [-0.3, -0.25) is 0 Å². The molecule has 0 fully saturated rings. The molecule has 0 saturated carbocycles. The normalized spacial score (nSPS) is 10.5. The molecule has 0 amide bonds. The van der Waals surface area contributed by atoms with E-state index in [1.54, 1.807) is 12.1 Å². The summed E-state index contributed by atoms with van der Waals surface area (Å²) >= 11 is 9.35. The maximum Gasteiger partial charge on any atom is 0.223 e. The molecule has 3 nitrogen and oxygen atoms in total. The summed E-state index contributed by atoms with van der Waals surface area (Å²) in [4.78, 5) is 8.69. The van der Waals surface area contributed by atoms with E-state index in [2.05, 4.69) is 32.8 Å². The summed E-state index contributed by atoms with van der Waals surface area (Å²) in [5.74, 6) is 2.00. The molecule has 0 atom stereocenters. The van der Waals surface area contributed by atoms with Gasteiger partial charge < -0.3 is 4.74 Å². The highest BCUT2D eigenvalue weighted by Gasteiger charge is 2.07. The second-order valence-electron chi connectivity index (χ2n) is 4.21. The third-order valence-electron chi connectivity index (χ3n) is 2.56. The third-order valence-corrected chi connectivity index (χ3v) is 3.20. The van der Waals surface area contributed by atoms with Gasteiger partial charge in [0, 0.05) is 17.5 Å². The largest absolute Gasteiger partial charge is 0.439 e. The quantitative estimate of drug-likeness (QED) is 0.738. The van der Waals surface area contributed by atoms with Gasteiger partial charge in [-0.05, 0) is 47.0 Å². The number of hydrogen-bond donors (Lipinski definition) is 0. The van der Waals surface area contributed by atoms with Crippen LogP contribution in [0, 0.1) is 6.92 Å². The van der Waals surface area contributed by atoms with E-state index in [0.29, 0.717) is 16.7 Å². The van der Waals surface area contributed by atoms with Crippen LogP contribution in [0.15, 0.2) is 28.9 Å². The topological polar surface area (TPSA) is 35.0 Å². The van der Waals surface area contributed by atoms with Crippen molar-refractivity contribution in [3.63, 3.8) is 0 Å². The molecule has 0 spiro atoms. The average Bonchev–Trinajstić information content (AvgIpc) is 2.33. The monoisotopic (exact) mass is 340 g/mol. The Morgan fingerprint density at radius 3 is 2.79 bits per heavy atom. The first-order valence-electron chi connectivity index (χ1n) is 6.06. The van der Waals surface area contributed by atoms with Crippen molar-refractivity contribution in [2.45, 2.75) is 26.7 Å². The van der Waals surface area contributed by atoms with Crippen molar-refractivity contribution in [2.24, 2.45) is 0 Å². The van der Waals surface area contributed by atoms with Crippen LogP contribution >= 0.6 is 27.5 Å². The number of hydrogen-bond acceptors (Lipinski definition) is 3. The molecule has 1 heterocycles. The SMILES string of the molecule is CCCc1nc(Br)cc(Oc2cc(Cl)ccc2C)n1. The smallest absolute Gasteiger partial charge is 0.223 e. The van der Waals surface area contributed by atoms with Gasteiger partial charge in [-0.15, -0.1) is 0 Å². The van der Waals surface area contributed by atoms with Crippen molar-refractivity contribution in [1.29, 1.82) is 0 Å². The molecule has 1 aromatic carbocycles. The molecule has 0 bridgehead atoms. The maximum absolute atomic E-state index is 5.97. The zero-order valence-corrected chi connectivity index (χ0v) is 13.1. The van der Waals surface area contributed by atoms with Gasteiger partial charge >= 0.3 is 0 Å². The van der Waals surface area contributed by atoms with E-state index in [1.807, 2.05) is 19.1 Å². The Morgan fingerprint density at radius 1 is 1.26 bits per heavy atom. The Kier molecular flexibility index (Phi) is 4.77. The van der Waals surface area contributed by atoms with E-state index in [4.69, 9.17) is 16.3 Å². The summed E-state index contributed by atoms with van der Waals surface area (Å²) in [6, 6.07) is 7.29. The molecule has 0 radical (unpaired) electrons. The predicted molar refractivity (Wildman–Crippen MR) is 80.0 cm³/mol. The maximum atomic E-state index is 5.97. The number of aromatic nitrogens is 2. The van der Waals surface area contributed by atoms with Crippen molar-refractivity contribution in [1.82, 2.24) is 9.97 Å². The molecule has 0 aliphatic heterocycles. The minimum absolute atomic E-state index is 0.524. The zero-order valence-electron chi connectivity index (χ0n) is 10.8. The van der Waals surface area contributed by atoms with Crippen LogP contribution in [-0.2, 0) is 6.42 Å². The lowest BCUT2D eigenvalue weighted by Crippen LogP contribution is -1.98. The van der Waals surface area contributed by atoms with Crippen LogP contribution in [0.25, 0.3) is 0 Å². The Hall–Kier alpha value is -1.13. The Morgan fingerprint density at radius 2 is 2.05 bits per heavy atom. The molecule has 0 aliphatic carbocycles. The van der Waals surface area contributed by atoms with E-state index in [-0.39, 0.29) is 0 Å². The fourth-order valence-electron chi connectivity index (χ4n) is 1.63. The van der Waals surface area contributed by atoms with E-state index in [9.17, 15) is 0 Å². The lowest BCUT2D eigenvalue weighted by Gasteiger charge is -2.09. The molecule has 0 aliphatic rings. The summed E-state index contributed by atoms with van der Waals surface area (Å²) in [6.45, 7) is 4.06. The first-order chi connectivity index (χ1) is 9.08. The predicted octanol–water partition coefficient (Wildman–Crippen LogP) is 4.95. The molecule has 0 N–H and O–H groups in total. The van der Waals surface area contributed by atoms with Crippen LogP contribution in [0.3, 0.4) is 0 Å². The lowest BCUT2D eigenvalue weighted by atomic mass is 10.2. The highest BCUT2D eigenvalue weighted by molar-refractivity contribution is 9.10. The Bertz CT molecular complexity index is 590. The van der Waals surface area contributed by atoms with Crippen molar-refractivity contribution in [3.8, 4) is 11.6 Å². The number of nitrogens with zero attached hydrogens (tertiary/aromatic N) is 2. The minimum Gasteiger partial charge on any atom is -0.439 e. The van der Waals surface area contributed by atoms with Crippen LogP contribution in [0.5, 0.6) is 11.6 Å². The van der Waals surface area contributed by atoms with E-state index >= 15 is 0 Å². The van der Waals surface area contributed by atoms with Crippen LogP contribution in [-0.4, -0.2) is 9.97 Å². The summed E-state index contributed by atoms with van der Waals surface area (Å²) in [7, 11) is 0. The highest BCUT2D eigenvalue weighted by Crippen LogP contribution is 2.28. The standard InChI is InChI=1S/C14H14BrClN2O/c1-3-4-13-17-12(15)8-14(18-13)19-11-7-10(16)6-5-9(11)2/h5-8H,3-4H2,1-2H3. The lowest BCUT2D eigenvalue weighted by molar-refractivity contribution is 0.454. The molecule has 1 aromatic heterocycles. The first-order valence-corrected chi connectivity index (χ1v) is 7.23. The van der Waals surface area contributed by atoms with Gasteiger partial charge in [0.15, 0.2) is 0 Å². The van der Waals surface area contributed by atoms with E-state index < -0.39 is 0 Å². The molecular weight excluding hydrogens is 328 g/mol. The molecule has 0 saturated heterocycles. The Labute approximate surface area is 126 Å². The van der Waals surface area contributed by atoms with Crippen LogP contribution in [0.1, 0.15) is 24.7 Å². The molecule has 19 heavy (non-hydrogen) atoms. The van der Waals surface area contributed by atoms with E-state index in [1.165, 1.54) is 0 Å². The van der Waals surface area contributed by atoms with E-state index in [0.717, 1.165) is 28.8 Å². The van der Waals surface area contributed by atoms with Gasteiger partial charge in [0.2, 0.25) is 5.88 Å². The highest BCUT2D eigenvalue weighted by atomic mass is 79.9. The second-order valence-corrected chi connectivity index (χ2v) is 5.46. The van der Waals surface area contributed by atoms with Gasteiger partial charge in [0.1, 0.15) is 16.2 Å². The molecular formula is C14H14BrClN2O. The molecule has 5 heteroatoms. The molecule has 2 aromatic rings. The summed E-state index contributed by atoms with van der Waals surface area (Å²) < 4.78 is 6.52. The molecule has 100 valence electrons. The van der Waals surface area contributed by atoms with Crippen LogP contribution in [0.4, 0.5) is 0 Å². The minimum atomic E-state index is 0.524. The number of ether oxygens (including phenoxy) is 1. The third kappa shape index (κ3) is 3.91. The second kappa shape index (κ2) is 6.35. The number of rotatable bonds is 4. The summed E-state index contributed by atoms with van der Waals surface area (Å²) in [5, 5.41) is 0.641. The van der Waals surface area contributed by atoms with Gasteiger partial charge in [-0.25, -0.2) is 4.98 Å². The number of benzene rings is 1. The Balaban J connectivity index is 2.29. The van der Waals surface area contributed by atoms with Crippen LogP contribution < -0.4 is 4.74 Å². The van der Waals surface area contributed by atoms with Crippen LogP contribution in [0.2, 0.25) is 5.02 Å². The fourth-order valence-corrected chi connectivity index (χ4v) is 2.19. The van der Waals surface area contributed by atoms with Gasteiger partial charge in [0.25, 0.3) is 0 Å². The van der Waals surface area contributed by atoms with Gasteiger partial charge in [-0.1, -0.05) is 24.6 Å². The van der Waals surface area contributed by atoms with Crippen molar-refractivity contribution >= 4 is 27.5 Å². The number of halogens is 2. The van der Waals surface area contributed by atoms with Gasteiger partial charge in [-0.2, -0.15) is 4.98 Å². The van der Waals surface area contributed by atoms with Crippen molar-refractivity contribution in [3.05, 3.63) is 45.3 Å². The average molecular weight is 342 g/mol. The fraction of sp³-hybridized carbons (Fsp3) is 0.286. The summed E-state index contributed by atoms with van der Waals surface area (Å²) in [5.41, 5.74) is 1.01. The summed E-state index contributed by atoms with van der Waals surface area (Å²) in [6.07, 6.45) is 1.82. The van der Waals surface area contributed by atoms with Crippen molar-refractivity contribution in [2.75, 3.05) is 0 Å².